The predicted octanol–water partition coefficient (Wildman–Crippen LogP) is 5.50. The fourth-order valence-electron chi connectivity index (χ4n) is 3.75. The highest BCUT2D eigenvalue weighted by atomic mass is 19.1. The van der Waals surface area contributed by atoms with Gasteiger partial charge in [-0.15, -0.1) is 0 Å². The van der Waals surface area contributed by atoms with Gasteiger partial charge in [-0.3, -0.25) is 4.79 Å². The lowest BCUT2D eigenvalue weighted by atomic mass is 10.0. The Kier molecular flexibility index (Phi) is 9.07. The minimum Gasteiger partial charge on any atom is -0.489 e. The summed E-state index contributed by atoms with van der Waals surface area (Å²) in [5.74, 6) is -0.124. The van der Waals surface area contributed by atoms with Crippen molar-refractivity contribution in [3.05, 3.63) is 131 Å². The maximum Gasteiger partial charge on any atom is 0.328 e. The molecular formula is C31H28FNO5. The number of ether oxygens (including phenoxy) is 3. The molecule has 4 aromatic rings. The van der Waals surface area contributed by atoms with Gasteiger partial charge < -0.3 is 19.5 Å². The van der Waals surface area contributed by atoms with Crippen LogP contribution in [0.1, 0.15) is 27.0 Å². The largest absolute Gasteiger partial charge is 0.489 e. The third-order valence-corrected chi connectivity index (χ3v) is 5.87. The van der Waals surface area contributed by atoms with Crippen molar-refractivity contribution in [1.82, 2.24) is 5.32 Å². The second-order valence-corrected chi connectivity index (χ2v) is 8.58. The van der Waals surface area contributed by atoms with Crippen LogP contribution >= 0.6 is 0 Å². The van der Waals surface area contributed by atoms with Crippen molar-refractivity contribution >= 4 is 11.9 Å². The highest BCUT2D eigenvalue weighted by Crippen LogP contribution is 2.18. The number of nitrogens with one attached hydrogen (secondary N) is 1. The standard InChI is InChI=1S/C31H28FNO5/c1-36-31(35)29(19-22-11-15-26(16-12-22)37-20-23-7-3-2-4-8-23)33-30(34)24-13-17-27(18-14-24)38-21-25-9-5-6-10-28(25)32/h2-18,29H,19-21H2,1H3,(H,33,34). The van der Waals surface area contributed by atoms with Crippen LogP contribution in [0.5, 0.6) is 11.5 Å². The van der Waals surface area contributed by atoms with Gasteiger partial charge in [0.1, 0.15) is 36.6 Å². The number of amides is 1. The van der Waals surface area contributed by atoms with Crippen LogP contribution in [0.25, 0.3) is 0 Å². The number of benzene rings is 4. The van der Waals surface area contributed by atoms with E-state index < -0.39 is 17.9 Å². The highest BCUT2D eigenvalue weighted by molar-refractivity contribution is 5.96. The molecule has 7 heteroatoms. The first-order chi connectivity index (χ1) is 18.5. The van der Waals surface area contributed by atoms with Crippen LogP contribution in [0.2, 0.25) is 0 Å². The molecule has 0 radical (unpaired) electrons. The van der Waals surface area contributed by atoms with E-state index in [1.165, 1.54) is 13.2 Å². The van der Waals surface area contributed by atoms with Crippen molar-refractivity contribution < 1.29 is 28.2 Å². The Morgan fingerprint density at radius 1 is 0.737 bits per heavy atom. The fourth-order valence-corrected chi connectivity index (χ4v) is 3.75. The Morgan fingerprint density at radius 3 is 2.00 bits per heavy atom. The van der Waals surface area contributed by atoms with E-state index in [4.69, 9.17) is 14.2 Å². The van der Waals surface area contributed by atoms with Crippen molar-refractivity contribution in [2.75, 3.05) is 7.11 Å². The average Bonchev–Trinajstić information content (AvgIpc) is 2.96. The van der Waals surface area contributed by atoms with Crippen LogP contribution in [0.15, 0.2) is 103 Å². The summed E-state index contributed by atoms with van der Waals surface area (Å²) in [6.07, 6.45) is 0.251. The highest BCUT2D eigenvalue weighted by Gasteiger charge is 2.23. The van der Waals surface area contributed by atoms with Crippen molar-refractivity contribution in [3.8, 4) is 11.5 Å². The van der Waals surface area contributed by atoms with Gasteiger partial charge in [-0.25, -0.2) is 9.18 Å². The molecule has 0 fully saturated rings. The molecule has 0 aliphatic heterocycles. The summed E-state index contributed by atoms with van der Waals surface area (Å²) in [6, 6.07) is 29.1. The molecule has 1 amide bonds. The summed E-state index contributed by atoms with van der Waals surface area (Å²) >= 11 is 0. The predicted molar refractivity (Wildman–Crippen MR) is 141 cm³/mol. The molecule has 4 rings (SSSR count). The SMILES string of the molecule is COC(=O)C(Cc1ccc(OCc2ccccc2)cc1)NC(=O)c1ccc(OCc2ccccc2F)cc1. The van der Waals surface area contributed by atoms with Crippen LogP contribution in [-0.4, -0.2) is 25.0 Å². The molecule has 1 N–H and O–H groups in total. The lowest BCUT2D eigenvalue weighted by molar-refractivity contribution is -0.142. The van der Waals surface area contributed by atoms with Gasteiger partial charge >= 0.3 is 5.97 Å². The monoisotopic (exact) mass is 513 g/mol. The number of hydrogen-bond acceptors (Lipinski definition) is 5. The number of esters is 1. The molecule has 0 aromatic heterocycles. The molecule has 0 saturated carbocycles. The normalized spacial score (nSPS) is 11.3. The van der Waals surface area contributed by atoms with Gasteiger partial charge in [-0.1, -0.05) is 60.7 Å². The second-order valence-electron chi connectivity index (χ2n) is 8.58. The van der Waals surface area contributed by atoms with E-state index in [-0.39, 0.29) is 18.8 Å². The molecule has 0 spiro atoms. The molecule has 1 atom stereocenters. The van der Waals surface area contributed by atoms with E-state index in [9.17, 15) is 14.0 Å². The molecule has 6 nitrogen and oxygen atoms in total. The zero-order valence-electron chi connectivity index (χ0n) is 20.9. The molecule has 0 heterocycles. The first kappa shape index (κ1) is 26.4. The Hall–Kier alpha value is -4.65. The minimum atomic E-state index is -0.874. The minimum absolute atomic E-state index is 0.0682. The van der Waals surface area contributed by atoms with Crippen LogP contribution in [0, 0.1) is 5.82 Å². The number of methoxy groups -OCH3 is 1. The Balaban J connectivity index is 1.33. The van der Waals surface area contributed by atoms with Gasteiger partial charge in [-0.05, 0) is 53.6 Å². The zero-order chi connectivity index (χ0) is 26.7. The first-order valence-corrected chi connectivity index (χ1v) is 12.1. The van der Waals surface area contributed by atoms with Crippen LogP contribution in [-0.2, 0) is 29.2 Å². The molecule has 1 unspecified atom stereocenters. The maximum absolute atomic E-state index is 13.8. The molecule has 0 saturated heterocycles. The fraction of sp³-hybridized carbons (Fsp3) is 0.161. The summed E-state index contributed by atoms with van der Waals surface area (Å²) in [7, 11) is 1.28. The zero-order valence-corrected chi connectivity index (χ0v) is 20.9. The van der Waals surface area contributed by atoms with Gasteiger partial charge in [0.05, 0.1) is 7.11 Å². The van der Waals surface area contributed by atoms with Gasteiger partial charge in [0.15, 0.2) is 0 Å². The van der Waals surface area contributed by atoms with Crippen molar-refractivity contribution in [2.24, 2.45) is 0 Å². The van der Waals surface area contributed by atoms with Crippen molar-refractivity contribution in [3.63, 3.8) is 0 Å². The molecule has 38 heavy (non-hydrogen) atoms. The number of carbonyl (C=O) groups excluding carboxylic acids is 2. The number of rotatable bonds is 11. The van der Waals surface area contributed by atoms with Crippen LogP contribution < -0.4 is 14.8 Å². The van der Waals surface area contributed by atoms with Gasteiger partial charge in [0, 0.05) is 17.5 Å². The van der Waals surface area contributed by atoms with E-state index in [0.29, 0.717) is 29.2 Å². The molecular weight excluding hydrogens is 485 g/mol. The first-order valence-electron chi connectivity index (χ1n) is 12.1. The lowest BCUT2D eigenvalue weighted by Crippen LogP contribution is -2.43. The quantitative estimate of drug-likeness (QED) is 0.268. The number of halogens is 1. The Morgan fingerprint density at radius 2 is 1.34 bits per heavy atom. The summed E-state index contributed by atoms with van der Waals surface area (Å²) in [5.41, 5.74) is 2.69. The van der Waals surface area contributed by atoms with E-state index in [2.05, 4.69) is 5.32 Å². The van der Waals surface area contributed by atoms with Crippen molar-refractivity contribution in [2.45, 2.75) is 25.7 Å². The molecule has 0 aliphatic rings. The number of carbonyl (C=O) groups is 2. The van der Waals surface area contributed by atoms with Gasteiger partial charge in [0.2, 0.25) is 0 Å². The third kappa shape index (κ3) is 7.43. The number of hydrogen-bond donors (Lipinski definition) is 1. The lowest BCUT2D eigenvalue weighted by Gasteiger charge is -2.17. The summed E-state index contributed by atoms with van der Waals surface area (Å²) in [6.45, 7) is 0.521. The van der Waals surface area contributed by atoms with E-state index in [1.54, 1.807) is 42.5 Å². The topological polar surface area (TPSA) is 73.9 Å². The van der Waals surface area contributed by atoms with Crippen LogP contribution in [0.4, 0.5) is 4.39 Å². The van der Waals surface area contributed by atoms with Gasteiger partial charge in [0.25, 0.3) is 5.91 Å². The molecule has 0 bridgehead atoms. The maximum atomic E-state index is 13.8. The summed E-state index contributed by atoms with van der Waals surface area (Å²) in [4.78, 5) is 25.2. The summed E-state index contributed by atoms with van der Waals surface area (Å²) < 4.78 is 30.1. The molecule has 194 valence electrons. The van der Waals surface area contributed by atoms with Gasteiger partial charge in [-0.2, -0.15) is 0 Å². The van der Waals surface area contributed by atoms with Crippen molar-refractivity contribution in [1.29, 1.82) is 0 Å². The third-order valence-electron chi connectivity index (χ3n) is 5.87. The van der Waals surface area contributed by atoms with E-state index in [1.807, 2.05) is 54.6 Å². The Bertz CT molecular complexity index is 1340. The smallest absolute Gasteiger partial charge is 0.328 e. The second kappa shape index (κ2) is 13.1. The summed E-state index contributed by atoms with van der Waals surface area (Å²) in [5, 5.41) is 2.74. The molecule has 4 aromatic carbocycles. The Labute approximate surface area is 221 Å². The van der Waals surface area contributed by atoms with E-state index in [0.717, 1.165) is 11.1 Å². The van der Waals surface area contributed by atoms with Crippen LogP contribution in [0.3, 0.4) is 0 Å². The average molecular weight is 514 g/mol. The molecule has 0 aliphatic carbocycles. The van der Waals surface area contributed by atoms with E-state index >= 15 is 0 Å².